The molecule has 0 aromatic heterocycles. The fraction of sp³-hybridized carbons (Fsp3) is 0. The second-order valence-corrected chi connectivity index (χ2v) is 11.5. The number of benzene rings is 4. The molecule has 0 atom stereocenters. The van der Waals surface area contributed by atoms with Crippen molar-refractivity contribution in [3.63, 3.8) is 0 Å². The zero-order valence-corrected chi connectivity index (χ0v) is 23.2. The number of carbonyl (C=O) groups is 2. The molecule has 6 N–H and O–H groups in total. The molecule has 0 aliphatic heterocycles. The van der Waals surface area contributed by atoms with Gasteiger partial charge in [0, 0.05) is 22.7 Å². The minimum atomic E-state index is -4.78. The van der Waals surface area contributed by atoms with Crippen LogP contribution in [0.4, 0.5) is 32.3 Å². The van der Waals surface area contributed by atoms with Gasteiger partial charge in [-0.1, -0.05) is 60.7 Å². The van der Waals surface area contributed by atoms with Crippen LogP contribution in [0.25, 0.3) is 12.2 Å². The van der Waals surface area contributed by atoms with Crippen LogP contribution in [0.15, 0.2) is 107 Å². The zero-order chi connectivity index (χ0) is 30.3. The third kappa shape index (κ3) is 10.9. The molecule has 0 unspecified atom stereocenters. The number of carbonyl (C=O) groups excluding carboxylic acids is 2. The number of nitrogens with one attached hydrogen (secondary N) is 4. The number of rotatable bonds is 8. The standard InChI is InChI=1S/C28H24N4O8S2.2Na.2H/c33-27(29-21-7-3-1-4-8-21)31-23-15-13-19(25(17-23)41(35,36)37)11-12-20-14-16-24(18-26(20)42(38,39)40)32-28(34)30-22-9-5-2-6-10-22;;;;/h1-18H,(H2,29,31,33)(H2,30,32,34)(H,35,36,37)(H,38,39,40);;;;. The Balaban J connectivity index is 0.00000337. The third-order valence-corrected chi connectivity index (χ3v) is 7.42. The van der Waals surface area contributed by atoms with E-state index in [0.717, 1.165) is 12.1 Å². The molecule has 0 saturated heterocycles. The third-order valence-electron chi connectivity index (χ3n) is 5.60. The van der Waals surface area contributed by atoms with Crippen molar-refractivity contribution in [2.24, 2.45) is 0 Å². The van der Waals surface area contributed by atoms with Gasteiger partial charge in [0.2, 0.25) is 0 Å². The Morgan fingerprint density at radius 2 is 0.818 bits per heavy atom. The quantitative estimate of drug-likeness (QED) is 0.0917. The van der Waals surface area contributed by atoms with Gasteiger partial charge in [-0.2, -0.15) is 16.8 Å². The molecule has 0 fully saturated rings. The van der Waals surface area contributed by atoms with Crippen LogP contribution >= 0.6 is 0 Å². The van der Waals surface area contributed by atoms with Gasteiger partial charge in [0.15, 0.2) is 0 Å². The van der Waals surface area contributed by atoms with Gasteiger partial charge in [-0.15, -0.1) is 0 Å². The monoisotopic (exact) mass is 656 g/mol. The molecule has 12 nitrogen and oxygen atoms in total. The Hall–Kier alpha value is -3.02. The summed E-state index contributed by atoms with van der Waals surface area (Å²) in [4.78, 5) is 23.5. The van der Waals surface area contributed by atoms with Crippen molar-refractivity contribution in [1.82, 2.24) is 0 Å². The summed E-state index contributed by atoms with van der Waals surface area (Å²) in [6, 6.07) is 23.1. The van der Waals surface area contributed by atoms with Crippen LogP contribution in [0.2, 0.25) is 0 Å². The maximum absolute atomic E-state index is 12.3. The summed E-state index contributed by atoms with van der Waals surface area (Å²) in [5, 5.41) is 10.1. The molecule has 44 heavy (non-hydrogen) atoms. The summed E-state index contributed by atoms with van der Waals surface area (Å²) >= 11 is 0. The van der Waals surface area contributed by atoms with E-state index in [-0.39, 0.29) is 81.6 Å². The molecule has 4 aromatic rings. The summed E-state index contributed by atoms with van der Waals surface area (Å²) in [5.74, 6) is 0. The number of hydrogen-bond acceptors (Lipinski definition) is 6. The molecule has 0 aliphatic rings. The number of para-hydroxylation sites is 2. The predicted molar refractivity (Wildman–Crippen MR) is 174 cm³/mol. The Morgan fingerprint density at radius 1 is 0.500 bits per heavy atom. The van der Waals surface area contributed by atoms with Crippen LogP contribution in [-0.2, 0) is 20.2 Å². The van der Waals surface area contributed by atoms with Crippen molar-refractivity contribution >= 4 is 126 Å². The first-order valence-corrected chi connectivity index (χ1v) is 14.9. The van der Waals surface area contributed by atoms with Crippen LogP contribution in [-0.4, -0.2) is 97.1 Å². The fourth-order valence-corrected chi connectivity index (χ4v) is 5.18. The summed E-state index contributed by atoms with van der Waals surface area (Å²) in [5.41, 5.74) is 1.01. The second-order valence-electron chi connectivity index (χ2n) is 8.68. The maximum atomic E-state index is 12.3. The molecule has 4 rings (SSSR count). The number of urea groups is 2. The van der Waals surface area contributed by atoms with Gasteiger partial charge in [-0.05, 0) is 59.7 Å². The van der Waals surface area contributed by atoms with Crippen molar-refractivity contribution in [1.29, 1.82) is 0 Å². The van der Waals surface area contributed by atoms with Gasteiger partial charge in [-0.3, -0.25) is 9.11 Å². The van der Waals surface area contributed by atoms with E-state index in [0.29, 0.717) is 11.4 Å². The Morgan fingerprint density at radius 3 is 1.14 bits per heavy atom. The SMILES string of the molecule is O=C(Nc1ccccc1)Nc1ccc(C=Cc2ccc(NC(=O)Nc3ccccc3)cc2S(=O)(=O)O)c(S(=O)(=O)O)c1.[NaH].[NaH]. The number of amides is 4. The van der Waals surface area contributed by atoms with Gasteiger partial charge in [0.1, 0.15) is 9.79 Å². The summed E-state index contributed by atoms with van der Waals surface area (Å²) in [6.45, 7) is 0. The van der Waals surface area contributed by atoms with Gasteiger partial charge >= 0.3 is 71.2 Å². The van der Waals surface area contributed by atoms with Gasteiger partial charge in [0.05, 0.1) is 0 Å². The van der Waals surface area contributed by atoms with E-state index in [1.54, 1.807) is 60.7 Å². The molecule has 0 bridgehead atoms. The summed E-state index contributed by atoms with van der Waals surface area (Å²) in [7, 11) is -9.57. The van der Waals surface area contributed by atoms with E-state index in [2.05, 4.69) is 21.3 Å². The summed E-state index contributed by atoms with van der Waals surface area (Å²) < 4.78 is 68.0. The van der Waals surface area contributed by atoms with Crippen LogP contribution in [0.1, 0.15) is 11.1 Å². The first-order chi connectivity index (χ1) is 19.9. The van der Waals surface area contributed by atoms with E-state index in [1.165, 1.54) is 36.4 Å². The normalized spacial score (nSPS) is 11.0. The van der Waals surface area contributed by atoms with E-state index < -0.39 is 42.1 Å². The number of anilines is 4. The molecule has 4 aromatic carbocycles. The first-order valence-electron chi connectivity index (χ1n) is 12.1. The van der Waals surface area contributed by atoms with E-state index in [1.807, 2.05) is 0 Å². The number of hydrogen-bond donors (Lipinski definition) is 6. The molecule has 16 heteroatoms. The fourth-order valence-electron chi connectivity index (χ4n) is 3.76. The molecule has 4 amide bonds. The van der Waals surface area contributed by atoms with E-state index in [9.17, 15) is 35.5 Å². The van der Waals surface area contributed by atoms with E-state index in [4.69, 9.17) is 0 Å². The van der Waals surface area contributed by atoms with Crippen LogP contribution in [0, 0.1) is 0 Å². The van der Waals surface area contributed by atoms with Crippen LogP contribution in [0.3, 0.4) is 0 Å². The average molecular weight is 657 g/mol. The van der Waals surface area contributed by atoms with Crippen LogP contribution < -0.4 is 21.3 Å². The predicted octanol–water partition coefficient (Wildman–Crippen LogP) is 4.34. The van der Waals surface area contributed by atoms with Gasteiger partial charge in [-0.25, -0.2) is 9.59 Å². The van der Waals surface area contributed by atoms with E-state index >= 15 is 0 Å². The average Bonchev–Trinajstić information content (AvgIpc) is 2.92. The molecule has 0 saturated carbocycles. The van der Waals surface area contributed by atoms with Gasteiger partial charge < -0.3 is 21.3 Å². The first kappa shape index (κ1) is 37.2. The molecular weight excluding hydrogens is 630 g/mol. The Kier molecular flexibility index (Phi) is 13.8. The Labute approximate surface area is 298 Å². The molecular formula is C28H26N4Na2O8S2. The molecule has 220 valence electrons. The topological polar surface area (TPSA) is 191 Å². The van der Waals surface area contributed by atoms with Crippen LogP contribution in [0.5, 0.6) is 0 Å². The molecule has 0 heterocycles. The summed E-state index contributed by atoms with van der Waals surface area (Å²) in [6.07, 6.45) is 2.41. The zero-order valence-electron chi connectivity index (χ0n) is 21.6. The molecule has 0 aliphatic carbocycles. The minimum absolute atomic E-state index is 0. The molecule has 0 radical (unpaired) electrons. The van der Waals surface area contributed by atoms with Crippen molar-refractivity contribution in [3.8, 4) is 0 Å². The van der Waals surface area contributed by atoms with Gasteiger partial charge in [0.25, 0.3) is 20.2 Å². The van der Waals surface area contributed by atoms with Crippen molar-refractivity contribution in [2.45, 2.75) is 9.79 Å². The molecule has 0 spiro atoms. The van der Waals surface area contributed by atoms with Crippen molar-refractivity contribution in [2.75, 3.05) is 21.3 Å². The van der Waals surface area contributed by atoms with Crippen molar-refractivity contribution in [3.05, 3.63) is 108 Å². The second kappa shape index (κ2) is 16.3. The Bertz CT molecular complexity index is 1740. The van der Waals surface area contributed by atoms with Crippen molar-refractivity contribution < 1.29 is 35.5 Å².